The second-order valence-electron chi connectivity index (χ2n) is 6.04. The van der Waals surface area contributed by atoms with E-state index in [-0.39, 0.29) is 36.8 Å². The Labute approximate surface area is 157 Å². The maximum Gasteiger partial charge on any atom is 0.221 e. The summed E-state index contributed by atoms with van der Waals surface area (Å²) in [6.45, 7) is 7.43. The van der Waals surface area contributed by atoms with Gasteiger partial charge < -0.3 is 15.8 Å². The van der Waals surface area contributed by atoms with E-state index in [2.05, 4.69) is 17.1 Å². The highest BCUT2D eigenvalue weighted by molar-refractivity contribution is 5.85. The fraction of sp³-hybridized carbons (Fsp3) is 0.588. The van der Waals surface area contributed by atoms with Gasteiger partial charge in [-0.05, 0) is 11.5 Å². The van der Waals surface area contributed by atoms with Crippen LogP contribution >= 0.6 is 24.8 Å². The minimum Gasteiger partial charge on any atom is -0.379 e. The molecule has 1 amide bonds. The van der Waals surface area contributed by atoms with Gasteiger partial charge in [0, 0.05) is 38.6 Å². The molecule has 24 heavy (non-hydrogen) atoms. The minimum absolute atomic E-state index is 0. The van der Waals surface area contributed by atoms with Gasteiger partial charge in [-0.1, -0.05) is 37.3 Å². The third-order valence-electron chi connectivity index (χ3n) is 3.95. The third-order valence-corrected chi connectivity index (χ3v) is 3.95. The fourth-order valence-corrected chi connectivity index (χ4v) is 2.67. The van der Waals surface area contributed by atoms with Crippen LogP contribution in [-0.4, -0.2) is 50.2 Å². The number of hydrogen-bond acceptors (Lipinski definition) is 4. The molecule has 1 aliphatic heterocycles. The van der Waals surface area contributed by atoms with E-state index in [1.807, 2.05) is 30.3 Å². The maximum atomic E-state index is 12.0. The molecule has 1 aromatic rings. The number of benzene rings is 1. The van der Waals surface area contributed by atoms with E-state index in [0.717, 1.165) is 38.4 Å². The van der Waals surface area contributed by atoms with Crippen molar-refractivity contribution in [3.8, 4) is 0 Å². The van der Waals surface area contributed by atoms with Gasteiger partial charge in [-0.2, -0.15) is 0 Å². The van der Waals surface area contributed by atoms with Crippen LogP contribution in [0.1, 0.15) is 24.9 Å². The Hall–Kier alpha value is -0.850. The average molecular weight is 378 g/mol. The molecule has 7 heteroatoms. The summed E-state index contributed by atoms with van der Waals surface area (Å²) in [5.41, 5.74) is 7.07. The molecule has 138 valence electrons. The number of carbonyl (C=O) groups excluding carboxylic acids is 1. The van der Waals surface area contributed by atoms with Gasteiger partial charge in [0.2, 0.25) is 5.91 Å². The van der Waals surface area contributed by atoms with Crippen LogP contribution in [0.3, 0.4) is 0 Å². The highest BCUT2D eigenvalue weighted by atomic mass is 35.5. The SMILES string of the molecule is CC(CNC(=O)CC(N)c1ccccc1)CN1CCOCC1.Cl.Cl. The van der Waals surface area contributed by atoms with Gasteiger partial charge in [0.05, 0.1) is 13.2 Å². The lowest BCUT2D eigenvalue weighted by atomic mass is 10.0. The number of rotatable bonds is 7. The zero-order valence-corrected chi connectivity index (χ0v) is 15.8. The standard InChI is InChI=1S/C17H27N3O2.2ClH/c1-14(13-20-7-9-22-10-8-20)12-19-17(21)11-16(18)15-5-3-2-4-6-15;;/h2-6,14,16H,7-13,18H2,1H3,(H,19,21);2*1H. The van der Waals surface area contributed by atoms with Gasteiger partial charge in [-0.3, -0.25) is 9.69 Å². The Morgan fingerprint density at radius 2 is 1.88 bits per heavy atom. The van der Waals surface area contributed by atoms with E-state index < -0.39 is 0 Å². The van der Waals surface area contributed by atoms with Crippen molar-refractivity contribution in [3.63, 3.8) is 0 Å². The van der Waals surface area contributed by atoms with Crippen LogP contribution in [0.4, 0.5) is 0 Å². The summed E-state index contributed by atoms with van der Waals surface area (Å²) < 4.78 is 5.34. The van der Waals surface area contributed by atoms with Crippen LogP contribution < -0.4 is 11.1 Å². The molecular weight excluding hydrogens is 349 g/mol. The normalized spacial score (nSPS) is 17.1. The Bertz CT molecular complexity index is 456. The summed E-state index contributed by atoms with van der Waals surface area (Å²) in [5, 5.41) is 3.00. The van der Waals surface area contributed by atoms with Gasteiger partial charge >= 0.3 is 0 Å². The quantitative estimate of drug-likeness (QED) is 0.762. The van der Waals surface area contributed by atoms with Gasteiger partial charge in [0.25, 0.3) is 0 Å². The van der Waals surface area contributed by atoms with Crippen LogP contribution in [-0.2, 0) is 9.53 Å². The summed E-state index contributed by atoms with van der Waals surface area (Å²) in [5.74, 6) is 0.445. The zero-order chi connectivity index (χ0) is 15.8. The van der Waals surface area contributed by atoms with Crippen molar-refractivity contribution < 1.29 is 9.53 Å². The first-order chi connectivity index (χ1) is 10.6. The summed E-state index contributed by atoms with van der Waals surface area (Å²) in [7, 11) is 0. The molecule has 2 unspecified atom stereocenters. The first-order valence-electron chi connectivity index (χ1n) is 8.02. The Morgan fingerprint density at radius 1 is 1.25 bits per heavy atom. The van der Waals surface area contributed by atoms with Crippen molar-refractivity contribution in [2.45, 2.75) is 19.4 Å². The van der Waals surface area contributed by atoms with E-state index in [4.69, 9.17) is 10.5 Å². The summed E-state index contributed by atoms with van der Waals surface area (Å²) in [4.78, 5) is 14.4. The molecule has 2 atom stereocenters. The molecule has 0 bridgehead atoms. The number of nitrogens with two attached hydrogens (primary N) is 1. The molecule has 1 saturated heterocycles. The predicted molar refractivity (Wildman–Crippen MR) is 102 cm³/mol. The maximum absolute atomic E-state index is 12.0. The number of ether oxygens (including phenoxy) is 1. The van der Waals surface area contributed by atoms with Crippen LogP contribution in [0.2, 0.25) is 0 Å². The van der Waals surface area contributed by atoms with Gasteiger partial charge in [0.15, 0.2) is 0 Å². The van der Waals surface area contributed by atoms with Crippen LogP contribution in [0, 0.1) is 5.92 Å². The topological polar surface area (TPSA) is 67.6 Å². The van der Waals surface area contributed by atoms with Crippen LogP contribution in [0.25, 0.3) is 0 Å². The number of halogens is 2. The molecule has 1 heterocycles. The van der Waals surface area contributed by atoms with Gasteiger partial charge in [-0.15, -0.1) is 24.8 Å². The Balaban J connectivity index is 0.00000264. The molecule has 0 spiro atoms. The van der Waals surface area contributed by atoms with Crippen molar-refractivity contribution in [1.29, 1.82) is 0 Å². The first kappa shape index (κ1) is 23.1. The number of carbonyl (C=O) groups is 1. The molecule has 1 aliphatic rings. The predicted octanol–water partition coefficient (Wildman–Crippen LogP) is 2.00. The number of nitrogens with one attached hydrogen (secondary N) is 1. The number of amides is 1. The molecule has 0 aliphatic carbocycles. The molecule has 3 N–H and O–H groups in total. The van der Waals surface area contributed by atoms with E-state index in [1.54, 1.807) is 0 Å². The van der Waals surface area contributed by atoms with E-state index in [0.29, 0.717) is 18.9 Å². The molecule has 0 saturated carbocycles. The highest BCUT2D eigenvalue weighted by Crippen LogP contribution is 2.13. The number of hydrogen-bond donors (Lipinski definition) is 2. The number of morpholine rings is 1. The summed E-state index contributed by atoms with van der Waals surface area (Å²) >= 11 is 0. The van der Waals surface area contributed by atoms with Crippen molar-refractivity contribution in [2.24, 2.45) is 11.7 Å². The van der Waals surface area contributed by atoms with Crippen LogP contribution in [0.5, 0.6) is 0 Å². The first-order valence-corrected chi connectivity index (χ1v) is 8.02. The monoisotopic (exact) mass is 377 g/mol. The van der Waals surface area contributed by atoms with Gasteiger partial charge in [0.1, 0.15) is 0 Å². The largest absolute Gasteiger partial charge is 0.379 e. The third kappa shape index (κ3) is 8.31. The lowest BCUT2D eigenvalue weighted by Crippen LogP contribution is -2.41. The van der Waals surface area contributed by atoms with E-state index >= 15 is 0 Å². The van der Waals surface area contributed by atoms with Crippen molar-refractivity contribution in [1.82, 2.24) is 10.2 Å². The molecule has 0 radical (unpaired) electrons. The Morgan fingerprint density at radius 3 is 2.50 bits per heavy atom. The molecule has 0 aromatic heterocycles. The number of nitrogens with zero attached hydrogens (tertiary/aromatic N) is 1. The second-order valence-corrected chi connectivity index (χ2v) is 6.04. The second kappa shape index (κ2) is 12.5. The summed E-state index contributed by atoms with van der Waals surface area (Å²) in [6.07, 6.45) is 0.328. The molecule has 1 fully saturated rings. The van der Waals surface area contributed by atoms with E-state index in [1.165, 1.54) is 0 Å². The fourth-order valence-electron chi connectivity index (χ4n) is 2.67. The molecule has 5 nitrogen and oxygen atoms in total. The lowest BCUT2D eigenvalue weighted by molar-refractivity contribution is -0.121. The van der Waals surface area contributed by atoms with Crippen LogP contribution in [0.15, 0.2) is 30.3 Å². The lowest BCUT2D eigenvalue weighted by Gasteiger charge is -2.29. The van der Waals surface area contributed by atoms with Crippen molar-refractivity contribution in [2.75, 3.05) is 39.4 Å². The zero-order valence-electron chi connectivity index (χ0n) is 14.1. The smallest absolute Gasteiger partial charge is 0.221 e. The van der Waals surface area contributed by atoms with Gasteiger partial charge in [-0.25, -0.2) is 0 Å². The van der Waals surface area contributed by atoms with Crippen molar-refractivity contribution in [3.05, 3.63) is 35.9 Å². The Kier molecular flexibility index (Phi) is 12.1. The summed E-state index contributed by atoms with van der Waals surface area (Å²) in [6, 6.07) is 9.51. The average Bonchev–Trinajstić information content (AvgIpc) is 2.55. The molecular formula is C17H29Cl2N3O2. The van der Waals surface area contributed by atoms with E-state index in [9.17, 15) is 4.79 Å². The van der Waals surface area contributed by atoms with Crippen molar-refractivity contribution >= 4 is 30.7 Å². The minimum atomic E-state index is -0.240. The molecule has 1 aromatic carbocycles. The molecule has 2 rings (SSSR count). The highest BCUT2D eigenvalue weighted by Gasteiger charge is 2.15.